The predicted octanol–water partition coefficient (Wildman–Crippen LogP) is 3.36. The van der Waals surface area contributed by atoms with Crippen molar-refractivity contribution in [1.29, 1.82) is 0 Å². The van der Waals surface area contributed by atoms with Gasteiger partial charge in [-0.2, -0.15) is 0 Å². The predicted molar refractivity (Wildman–Crippen MR) is 128 cm³/mol. The van der Waals surface area contributed by atoms with Gasteiger partial charge < -0.3 is 19.9 Å². The maximum Gasteiger partial charge on any atom is 0.230 e. The number of carbonyl (C=O) groups is 1. The van der Waals surface area contributed by atoms with Gasteiger partial charge in [-0.05, 0) is 54.1 Å². The van der Waals surface area contributed by atoms with Crippen molar-refractivity contribution in [2.75, 3.05) is 48.8 Å². The first-order chi connectivity index (χ1) is 16.1. The van der Waals surface area contributed by atoms with Gasteiger partial charge in [-0.3, -0.25) is 4.79 Å². The minimum Gasteiger partial charge on any atom is -0.497 e. The Balaban J connectivity index is 1.20. The smallest absolute Gasteiger partial charge is 0.230 e. The summed E-state index contributed by atoms with van der Waals surface area (Å²) in [7, 11) is 1.62. The topological polar surface area (TPSA) is 70.6 Å². The van der Waals surface area contributed by atoms with Crippen LogP contribution in [-0.4, -0.2) is 55.1 Å². The molecular formula is C24H26FN5O2S. The van der Waals surface area contributed by atoms with Gasteiger partial charge in [0.25, 0.3) is 0 Å². The van der Waals surface area contributed by atoms with Crippen molar-refractivity contribution in [2.24, 2.45) is 0 Å². The summed E-state index contributed by atoms with van der Waals surface area (Å²) < 4.78 is 18.3. The molecule has 1 fully saturated rings. The molecular weight excluding hydrogens is 441 g/mol. The lowest BCUT2D eigenvalue weighted by Crippen LogP contribution is -2.46. The second-order valence-electron chi connectivity index (χ2n) is 7.59. The number of benzene rings is 2. The van der Waals surface area contributed by atoms with Crippen LogP contribution in [0.3, 0.4) is 0 Å². The second kappa shape index (κ2) is 11.0. The number of anilines is 2. The number of amides is 1. The largest absolute Gasteiger partial charge is 0.497 e. The monoisotopic (exact) mass is 467 g/mol. The zero-order valence-electron chi connectivity index (χ0n) is 18.4. The molecule has 0 radical (unpaired) electrons. The fourth-order valence-corrected chi connectivity index (χ4v) is 4.18. The Morgan fingerprint density at radius 3 is 2.30 bits per heavy atom. The van der Waals surface area contributed by atoms with Crippen LogP contribution in [-0.2, 0) is 11.3 Å². The number of carbonyl (C=O) groups excluding carboxylic acids is 1. The van der Waals surface area contributed by atoms with E-state index in [4.69, 9.17) is 4.74 Å². The van der Waals surface area contributed by atoms with Crippen molar-refractivity contribution in [3.8, 4) is 5.75 Å². The molecule has 1 amide bonds. The zero-order valence-corrected chi connectivity index (χ0v) is 19.2. The van der Waals surface area contributed by atoms with Gasteiger partial charge in [0, 0.05) is 38.4 Å². The number of hydrogen-bond acceptors (Lipinski definition) is 7. The summed E-state index contributed by atoms with van der Waals surface area (Å²) in [6.07, 6.45) is 0. The molecule has 1 aliphatic heterocycles. The van der Waals surface area contributed by atoms with Crippen molar-refractivity contribution >= 4 is 29.2 Å². The molecule has 1 N–H and O–H groups in total. The molecule has 3 aromatic rings. The molecule has 33 heavy (non-hydrogen) atoms. The molecule has 0 spiro atoms. The van der Waals surface area contributed by atoms with E-state index in [1.807, 2.05) is 48.5 Å². The highest BCUT2D eigenvalue weighted by molar-refractivity contribution is 7.99. The van der Waals surface area contributed by atoms with Gasteiger partial charge in [0.2, 0.25) is 5.91 Å². The van der Waals surface area contributed by atoms with Crippen LogP contribution in [0.25, 0.3) is 0 Å². The van der Waals surface area contributed by atoms with Crippen molar-refractivity contribution in [3.63, 3.8) is 0 Å². The summed E-state index contributed by atoms with van der Waals surface area (Å²) >= 11 is 1.36. The van der Waals surface area contributed by atoms with Crippen LogP contribution in [0.1, 0.15) is 5.56 Å². The first-order valence-corrected chi connectivity index (χ1v) is 11.7. The number of rotatable bonds is 8. The molecule has 9 heteroatoms. The summed E-state index contributed by atoms with van der Waals surface area (Å²) in [6.45, 7) is 3.76. The number of thioether (sulfide) groups is 1. The van der Waals surface area contributed by atoms with E-state index in [1.54, 1.807) is 7.11 Å². The van der Waals surface area contributed by atoms with Crippen LogP contribution in [0.4, 0.5) is 15.9 Å². The minimum absolute atomic E-state index is 0.0568. The van der Waals surface area contributed by atoms with Gasteiger partial charge in [0.1, 0.15) is 16.6 Å². The summed E-state index contributed by atoms with van der Waals surface area (Å²) in [5.74, 6) is 1.61. The van der Waals surface area contributed by atoms with Gasteiger partial charge in [0.05, 0.1) is 12.9 Å². The maximum absolute atomic E-state index is 13.1. The third-order valence-electron chi connectivity index (χ3n) is 5.42. The number of halogens is 1. The Morgan fingerprint density at radius 1 is 0.970 bits per heavy atom. The molecule has 0 saturated carbocycles. The van der Waals surface area contributed by atoms with E-state index in [9.17, 15) is 9.18 Å². The van der Waals surface area contributed by atoms with Gasteiger partial charge >= 0.3 is 0 Å². The first-order valence-electron chi connectivity index (χ1n) is 10.7. The summed E-state index contributed by atoms with van der Waals surface area (Å²) in [6, 6.07) is 18.0. The molecule has 0 aliphatic carbocycles. The summed E-state index contributed by atoms with van der Waals surface area (Å²) in [4.78, 5) is 16.6. The highest BCUT2D eigenvalue weighted by Crippen LogP contribution is 2.21. The highest BCUT2D eigenvalue weighted by atomic mass is 32.2. The molecule has 4 rings (SSSR count). The number of methoxy groups -OCH3 is 1. The lowest BCUT2D eigenvalue weighted by molar-refractivity contribution is -0.118. The molecule has 172 valence electrons. The molecule has 2 heterocycles. The quantitative estimate of drug-likeness (QED) is 0.510. The third-order valence-corrected chi connectivity index (χ3v) is 6.34. The summed E-state index contributed by atoms with van der Waals surface area (Å²) in [5, 5.41) is 12.2. The van der Waals surface area contributed by atoms with Crippen LogP contribution in [0.15, 0.2) is 65.7 Å². The number of hydrogen-bond donors (Lipinski definition) is 1. The lowest BCUT2D eigenvalue weighted by atomic mass is 10.2. The van der Waals surface area contributed by atoms with Gasteiger partial charge in [0.15, 0.2) is 5.82 Å². The molecule has 7 nitrogen and oxygen atoms in total. The second-order valence-corrected chi connectivity index (χ2v) is 8.59. The van der Waals surface area contributed by atoms with Crippen LogP contribution in [0, 0.1) is 5.82 Å². The molecule has 1 aromatic heterocycles. The van der Waals surface area contributed by atoms with E-state index >= 15 is 0 Å². The standard InChI is InChI=1S/C24H26FN5O2S/c1-32-21-8-2-18(3-9-21)16-26-23(31)17-33-24-11-10-22(27-28-24)30-14-12-29(13-15-30)20-6-4-19(25)5-7-20/h2-11H,12-17H2,1H3,(H,26,31). The Morgan fingerprint density at radius 2 is 1.67 bits per heavy atom. The average Bonchev–Trinajstić information content (AvgIpc) is 2.87. The van der Waals surface area contributed by atoms with Crippen LogP contribution < -0.4 is 19.9 Å². The Hall–Kier alpha value is -3.33. The van der Waals surface area contributed by atoms with E-state index in [1.165, 1.54) is 23.9 Å². The van der Waals surface area contributed by atoms with E-state index in [2.05, 4.69) is 25.3 Å². The Labute approximate surface area is 197 Å². The van der Waals surface area contributed by atoms with Gasteiger partial charge in [-0.25, -0.2) is 4.39 Å². The van der Waals surface area contributed by atoms with E-state index < -0.39 is 0 Å². The molecule has 1 aliphatic rings. The number of nitrogens with zero attached hydrogens (tertiary/aromatic N) is 4. The van der Waals surface area contributed by atoms with Crippen LogP contribution in [0.2, 0.25) is 0 Å². The first kappa shape index (κ1) is 22.8. The molecule has 2 aromatic carbocycles. The van der Waals surface area contributed by atoms with Crippen molar-refractivity contribution in [3.05, 3.63) is 72.0 Å². The van der Waals surface area contributed by atoms with Crippen LogP contribution in [0.5, 0.6) is 5.75 Å². The number of nitrogens with one attached hydrogen (secondary N) is 1. The average molecular weight is 468 g/mol. The van der Waals surface area contributed by atoms with Gasteiger partial charge in [-0.1, -0.05) is 23.9 Å². The van der Waals surface area contributed by atoms with Crippen molar-refractivity contribution < 1.29 is 13.9 Å². The maximum atomic E-state index is 13.1. The number of ether oxygens (including phenoxy) is 1. The Kier molecular flexibility index (Phi) is 7.62. The number of aromatic nitrogens is 2. The van der Waals surface area contributed by atoms with E-state index in [-0.39, 0.29) is 17.5 Å². The highest BCUT2D eigenvalue weighted by Gasteiger charge is 2.19. The zero-order chi connectivity index (χ0) is 23.0. The summed E-state index contributed by atoms with van der Waals surface area (Å²) in [5.41, 5.74) is 2.04. The third kappa shape index (κ3) is 6.35. The van der Waals surface area contributed by atoms with Crippen LogP contribution >= 0.6 is 11.8 Å². The fourth-order valence-electron chi connectivity index (χ4n) is 3.54. The lowest BCUT2D eigenvalue weighted by Gasteiger charge is -2.36. The van der Waals surface area contributed by atoms with Crippen molar-refractivity contribution in [2.45, 2.75) is 11.6 Å². The van der Waals surface area contributed by atoms with Crippen molar-refractivity contribution in [1.82, 2.24) is 15.5 Å². The molecule has 1 saturated heterocycles. The molecule has 0 unspecified atom stereocenters. The SMILES string of the molecule is COc1ccc(CNC(=O)CSc2ccc(N3CCN(c4ccc(F)cc4)CC3)nn2)cc1. The molecule has 0 atom stereocenters. The molecule has 0 bridgehead atoms. The minimum atomic E-state index is -0.222. The fraction of sp³-hybridized carbons (Fsp3) is 0.292. The number of piperazine rings is 1. The van der Waals surface area contributed by atoms with E-state index in [0.29, 0.717) is 11.6 Å². The Bertz CT molecular complexity index is 1040. The normalized spacial score (nSPS) is 13.6. The van der Waals surface area contributed by atoms with E-state index in [0.717, 1.165) is 49.0 Å². The van der Waals surface area contributed by atoms with Gasteiger partial charge in [-0.15, -0.1) is 10.2 Å².